The van der Waals surface area contributed by atoms with Crippen LogP contribution in [0.1, 0.15) is 32.9 Å². The predicted octanol–water partition coefficient (Wildman–Crippen LogP) is 4.80. The summed E-state index contributed by atoms with van der Waals surface area (Å²) in [4.78, 5) is 14.5. The SMILES string of the molecule is COc1cc(C(=O)N(C)Cc2c(C)noc2C)ccc1OCc1ccccc1Cl. The highest BCUT2D eigenvalue weighted by Crippen LogP contribution is 2.30. The van der Waals surface area contributed by atoms with Crippen molar-refractivity contribution in [2.24, 2.45) is 0 Å². The number of methoxy groups -OCH3 is 1. The fraction of sp³-hybridized carbons (Fsp3) is 0.273. The largest absolute Gasteiger partial charge is 0.493 e. The Morgan fingerprint density at radius 2 is 1.93 bits per heavy atom. The van der Waals surface area contributed by atoms with E-state index in [1.165, 1.54) is 0 Å². The van der Waals surface area contributed by atoms with Gasteiger partial charge in [-0.15, -0.1) is 0 Å². The van der Waals surface area contributed by atoms with E-state index in [9.17, 15) is 4.79 Å². The smallest absolute Gasteiger partial charge is 0.254 e. The lowest BCUT2D eigenvalue weighted by atomic mass is 10.1. The van der Waals surface area contributed by atoms with Crippen molar-refractivity contribution in [3.8, 4) is 11.5 Å². The Bertz CT molecular complexity index is 996. The molecule has 0 radical (unpaired) electrons. The molecule has 0 saturated heterocycles. The first-order valence-electron chi connectivity index (χ1n) is 9.12. The van der Waals surface area contributed by atoms with Gasteiger partial charge in [-0.1, -0.05) is 35.0 Å². The van der Waals surface area contributed by atoms with Crippen LogP contribution in [0.5, 0.6) is 11.5 Å². The molecule has 1 heterocycles. The van der Waals surface area contributed by atoms with Gasteiger partial charge in [-0.05, 0) is 38.1 Å². The van der Waals surface area contributed by atoms with Crippen molar-refractivity contribution < 1.29 is 18.8 Å². The Kier molecular flexibility index (Phi) is 6.44. The van der Waals surface area contributed by atoms with E-state index in [0.717, 1.165) is 16.8 Å². The number of hydrogen-bond acceptors (Lipinski definition) is 5. The number of halogens is 1. The van der Waals surface area contributed by atoms with Crippen LogP contribution < -0.4 is 9.47 Å². The van der Waals surface area contributed by atoms with Crippen LogP contribution in [-0.2, 0) is 13.2 Å². The van der Waals surface area contributed by atoms with Crippen LogP contribution in [-0.4, -0.2) is 30.1 Å². The highest BCUT2D eigenvalue weighted by molar-refractivity contribution is 6.31. The van der Waals surface area contributed by atoms with E-state index in [0.29, 0.717) is 41.0 Å². The number of carbonyl (C=O) groups is 1. The summed E-state index contributed by atoms with van der Waals surface area (Å²) in [5.74, 6) is 1.59. The number of nitrogens with zero attached hydrogens (tertiary/aromatic N) is 2. The molecule has 0 atom stereocenters. The number of aryl methyl sites for hydroxylation is 2. The minimum atomic E-state index is -0.138. The Labute approximate surface area is 175 Å². The molecule has 0 fully saturated rings. The summed E-state index contributed by atoms with van der Waals surface area (Å²) in [6, 6.07) is 12.6. The molecule has 2 aromatic carbocycles. The first kappa shape index (κ1) is 20.7. The first-order chi connectivity index (χ1) is 13.9. The molecule has 152 valence electrons. The molecular formula is C22H23ClN2O4. The molecule has 3 aromatic rings. The number of aromatic nitrogens is 1. The standard InChI is InChI=1S/C22H23ClN2O4/c1-14-18(15(2)29-24-14)12-25(3)22(26)16-9-10-20(21(11-16)27-4)28-13-17-7-5-6-8-19(17)23/h5-11H,12-13H2,1-4H3. The topological polar surface area (TPSA) is 64.8 Å². The number of carbonyl (C=O) groups excluding carboxylic acids is 1. The zero-order valence-corrected chi connectivity index (χ0v) is 17.6. The molecule has 0 aliphatic carbocycles. The maximum Gasteiger partial charge on any atom is 0.254 e. The van der Waals surface area contributed by atoms with Crippen molar-refractivity contribution in [2.75, 3.05) is 14.2 Å². The molecule has 0 aliphatic heterocycles. The van der Waals surface area contributed by atoms with E-state index in [1.807, 2.05) is 38.1 Å². The second-order valence-corrected chi connectivity index (χ2v) is 7.12. The molecule has 0 unspecified atom stereocenters. The minimum absolute atomic E-state index is 0.138. The van der Waals surface area contributed by atoms with Crippen molar-refractivity contribution in [3.63, 3.8) is 0 Å². The Morgan fingerprint density at radius 1 is 1.17 bits per heavy atom. The number of benzene rings is 2. The summed E-state index contributed by atoms with van der Waals surface area (Å²) >= 11 is 6.17. The Hall–Kier alpha value is -2.99. The normalized spacial score (nSPS) is 10.7. The summed E-state index contributed by atoms with van der Waals surface area (Å²) in [5.41, 5.74) is 3.06. The van der Waals surface area contributed by atoms with Crippen LogP contribution in [0, 0.1) is 13.8 Å². The molecule has 0 spiro atoms. The molecule has 3 rings (SSSR count). The van der Waals surface area contributed by atoms with E-state index in [1.54, 1.807) is 37.3 Å². The molecule has 0 N–H and O–H groups in total. The lowest BCUT2D eigenvalue weighted by molar-refractivity contribution is 0.0784. The lowest BCUT2D eigenvalue weighted by Gasteiger charge is -2.18. The number of hydrogen-bond donors (Lipinski definition) is 0. The van der Waals surface area contributed by atoms with Crippen LogP contribution in [0.4, 0.5) is 0 Å². The van der Waals surface area contributed by atoms with Crippen LogP contribution in [0.25, 0.3) is 0 Å². The first-order valence-corrected chi connectivity index (χ1v) is 9.50. The van der Waals surface area contributed by atoms with Gasteiger partial charge in [-0.2, -0.15) is 0 Å². The van der Waals surface area contributed by atoms with Crippen molar-refractivity contribution in [3.05, 3.63) is 75.6 Å². The Balaban J connectivity index is 1.73. The second kappa shape index (κ2) is 9.01. The highest BCUT2D eigenvalue weighted by Gasteiger charge is 2.18. The number of ether oxygens (including phenoxy) is 2. The maximum atomic E-state index is 12.9. The fourth-order valence-corrected chi connectivity index (χ4v) is 3.14. The quantitative estimate of drug-likeness (QED) is 0.555. The van der Waals surface area contributed by atoms with Gasteiger partial charge in [0.15, 0.2) is 11.5 Å². The average molecular weight is 415 g/mol. The molecule has 7 heteroatoms. The zero-order valence-electron chi connectivity index (χ0n) is 16.9. The van der Waals surface area contributed by atoms with Gasteiger partial charge in [0.1, 0.15) is 12.4 Å². The molecule has 29 heavy (non-hydrogen) atoms. The molecular weight excluding hydrogens is 392 g/mol. The highest BCUT2D eigenvalue weighted by atomic mass is 35.5. The van der Waals surface area contributed by atoms with E-state index < -0.39 is 0 Å². The van der Waals surface area contributed by atoms with Crippen molar-refractivity contribution >= 4 is 17.5 Å². The third-order valence-corrected chi connectivity index (χ3v) is 5.04. The van der Waals surface area contributed by atoms with Gasteiger partial charge in [-0.3, -0.25) is 4.79 Å². The second-order valence-electron chi connectivity index (χ2n) is 6.71. The van der Waals surface area contributed by atoms with Crippen molar-refractivity contribution in [2.45, 2.75) is 27.0 Å². The van der Waals surface area contributed by atoms with Crippen molar-refractivity contribution in [1.29, 1.82) is 0 Å². The summed E-state index contributed by atoms with van der Waals surface area (Å²) in [6.45, 7) is 4.41. The van der Waals surface area contributed by atoms with Crippen molar-refractivity contribution in [1.82, 2.24) is 10.1 Å². The van der Waals surface area contributed by atoms with Gasteiger partial charge in [0, 0.05) is 28.8 Å². The lowest BCUT2D eigenvalue weighted by Crippen LogP contribution is -2.26. The average Bonchev–Trinajstić information content (AvgIpc) is 3.04. The molecule has 0 aliphatic rings. The predicted molar refractivity (Wildman–Crippen MR) is 111 cm³/mol. The van der Waals surface area contributed by atoms with E-state index in [-0.39, 0.29) is 5.91 Å². The molecule has 1 amide bonds. The molecule has 1 aromatic heterocycles. The summed E-state index contributed by atoms with van der Waals surface area (Å²) in [5, 5.41) is 4.57. The van der Waals surface area contributed by atoms with Gasteiger partial charge in [-0.25, -0.2) is 0 Å². The summed E-state index contributed by atoms with van der Waals surface area (Å²) in [6.07, 6.45) is 0. The van der Waals surface area contributed by atoms with Gasteiger partial charge >= 0.3 is 0 Å². The van der Waals surface area contributed by atoms with Gasteiger partial charge in [0.25, 0.3) is 5.91 Å². The summed E-state index contributed by atoms with van der Waals surface area (Å²) < 4.78 is 16.4. The molecule has 6 nitrogen and oxygen atoms in total. The molecule has 0 saturated carbocycles. The Morgan fingerprint density at radius 3 is 2.59 bits per heavy atom. The minimum Gasteiger partial charge on any atom is -0.493 e. The summed E-state index contributed by atoms with van der Waals surface area (Å²) in [7, 11) is 3.28. The van der Waals surface area contributed by atoms with E-state index >= 15 is 0 Å². The van der Waals surface area contributed by atoms with E-state index in [2.05, 4.69) is 5.16 Å². The van der Waals surface area contributed by atoms with E-state index in [4.69, 9.17) is 25.6 Å². The maximum absolute atomic E-state index is 12.9. The van der Waals surface area contributed by atoms with Gasteiger partial charge in [0.2, 0.25) is 0 Å². The zero-order chi connectivity index (χ0) is 21.0. The number of amides is 1. The number of rotatable bonds is 7. The third-order valence-electron chi connectivity index (χ3n) is 4.67. The van der Waals surface area contributed by atoms with Crippen LogP contribution in [0.3, 0.4) is 0 Å². The monoisotopic (exact) mass is 414 g/mol. The van der Waals surface area contributed by atoms with Crippen LogP contribution >= 0.6 is 11.6 Å². The van der Waals surface area contributed by atoms with Gasteiger partial charge in [0.05, 0.1) is 19.3 Å². The third kappa shape index (κ3) is 4.71. The van der Waals surface area contributed by atoms with Crippen LogP contribution in [0.15, 0.2) is 47.0 Å². The fourth-order valence-electron chi connectivity index (χ4n) is 2.95. The van der Waals surface area contributed by atoms with Gasteiger partial charge < -0.3 is 18.9 Å². The molecule has 0 bridgehead atoms. The van der Waals surface area contributed by atoms with Crippen LogP contribution in [0.2, 0.25) is 5.02 Å².